The molecule has 0 unspecified atom stereocenters. The summed E-state index contributed by atoms with van der Waals surface area (Å²) in [5.41, 5.74) is 0.913. The highest BCUT2D eigenvalue weighted by atomic mass is 32.1. The SMILES string of the molecule is COc1ccc(CN2CCC[C@@H]2CC(=O)c2cccs2)nn1. The molecule has 0 aromatic carbocycles. The topological polar surface area (TPSA) is 55.3 Å². The van der Waals surface area contributed by atoms with Crippen LogP contribution in [-0.4, -0.2) is 40.6 Å². The molecular weight excluding hydrogens is 298 g/mol. The normalized spacial score (nSPS) is 18.5. The van der Waals surface area contributed by atoms with E-state index < -0.39 is 0 Å². The van der Waals surface area contributed by atoms with Gasteiger partial charge in [0.15, 0.2) is 5.78 Å². The second kappa shape index (κ2) is 6.98. The van der Waals surface area contributed by atoms with Gasteiger partial charge in [0, 0.05) is 25.1 Å². The summed E-state index contributed by atoms with van der Waals surface area (Å²) >= 11 is 1.52. The fraction of sp³-hybridized carbons (Fsp3) is 0.438. The van der Waals surface area contributed by atoms with Crippen LogP contribution >= 0.6 is 11.3 Å². The van der Waals surface area contributed by atoms with Crippen molar-refractivity contribution in [3.63, 3.8) is 0 Å². The lowest BCUT2D eigenvalue weighted by atomic mass is 10.1. The van der Waals surface area contributed by atoms with E-state index >= 15 is 0 Å². The van der Waals surface area contributed by atoms with Crippen molar-refractivity contribution in [2.45, 2.75) is 31.8 Å². The number of hydrogen-bond donors (Lipinski definition) is 0. The average Bonchev–Trinajstić information content (AvgIpc) is 3.20. The van der Waals surface area contributed by atoms with Gasteiger partial charge >= 0.3 is 0 Å². The van der Waals surface area contributed by atoms with Crippen LogP contribution in [0.4, 0.5) is 0 Å². The molecule has 1 aliphatic rings. The molecule has 2 aromatic heterocycles. The largest absolute Gasteiger partial charge is 0.480 e. The summed E-state index contributed by atoms with van der Waals surface area (Å²) in [6, 6.07) is 7.89. The molecule has 0 spiro atoms. The van der Waals surface area contributed by atoms with Crippen molar-refractivity contribution < 1.29 is 9.53 Å². The van der Waals surface area contributed by atoms with Crippen LogP contribution in [-0.2, 0) is 6.54 Å². The van der Waals surface area contributed by atoms with E-state index in [0.29, 0.717) is 18.3 Å². The Morgan fingerprint density at radius 1 is 1.41 bits per heavy atom. The summed E-state index contributed by atoms with van der Waals surface area (Å²) in [6.45, 7) is 1.75. The molecular formula is C16H19N3O2S. The van der Waals surface area contributed by atoms with Crippen LogP contribution in [0.5, 0.6) is 5.88 Å². The molecule has 1 aliphatic heterocycles. The van der Waals surface area contributed by atoms with E-state index in [2.05, 4.69) is 15.1 Å². The maximum Gasteiger partial charge on any atom is 0.233 e. The molecule has 0 N–H and O–H groups in total. The van der Waals surface area contributed by atoms with E-state index in [1.807, 2.05) is 29.6 Å². The summed E-state index contributed by atoms with van der Waals surface area (Å²) in [5, 5.41) is 10.1. The zero-order valence-corrected chi connectivity index (χ0v) is 13.4. The van der Waals surface area contributed by atoms with Gasteiger partial charge in [-0.1, -0.05) is 6.07 Å². The second-order valence-corrected chi connectivity index (χ2v) is 6.39. The Kier molecular flexibility index (Phi) is 4.80. The van der Waals surface area contributed by atoms with Gasteiger partial charge in [-0.3, -0.25) is 9.69 Å². The zero-order valence-electron chi connectivity index (χ0n) is 12.6. The predicted molar refractivity (Wildman–Crippen MR) is 85.3 cm³/mol. The quantitative estimate of drug-likeness (QED) is 0.767. The van der Waals surface area contributed by atoms with Gasteiger partial charge in [-0.25, -0.2) is 0 Å². The van der Waals surface area contributed by atoms with Crippen LogP contribution in [0.2, 0.25) is 0 Å². The molecule has 0 aliphatic carbocycles. The van der Waals surface area contributed by atoms with E-state index in [1.165, 1.54) is 11.3 Å². The Hall–Kier alpha value is -1.79. The van der Waals surface area contributed by atoms with E-state index in [0.717, 1.165) is 36.5 Å². The molecule has 1 fully saturated rings. The van der Waals surface area contributed by atoms with Gasteiger partial charge in [-0.05, 0) is 36.9 Å². The van der Waals surface area contributed by atoms with Crippen molar-refractivity contribution in [2.24, 2.45) is 0 Å². The number of carbonyl (C=O) groups is 1. The summed E-state index contributed by atoms with van der Waals surface area (Å²) in [4.78, 5) is 15.5. The van der Waals surface area contributed by atoms with Gasteiger partial charge in [0.2, 0.25) is 5.88 Å². The third kappa shape index (κ3) is 3.51. The molecule has 0 saturated carbocycles. The fourth-order valence-corrected chi connectivity index (χ4v) is 3.51. The van der Waals surface area contributed by atoms with Gasteiger partial charge in [0.1, 0.15) is 0 Å². The number of ether oxygens (including phenoxy) is 1. The van der Waals surface area contributed by atoms with Crippen molar-refractivity contribution in [2.75, 3.05) is 13.7 Å². The lowest BCUT2D eigenvalue weighted by Crippen LogP contribution is -2.31. The minimum Gasteiger partial charge on any atom is -0.480 e. The standard InChI is InChI=1S/C16H19N3O2S/c1-21-16-7-6-12(17-18-16)11-19-8-2-4-13(19)10-14(20)15-5-3-9-22-15/h3,5-7,9,13H,2,4,8,10-11H2,1H3/t13-/m1/s1. The molecule has 0 bridgehead atoms. The number of carbonyl (C=O) groups excluding carboxylic acids is 1. The molecule has 116 valence electrons. The smallest absolute Gasteiger partial charge is 0.233 e. The Morgan fingerprint density at radius 2 is 2.32 bits per heavy atom. The van der Waals surface area contributed by atoms with Gasteiger partial charge in [0.25, 0.3) is 0 Å². The minimum atomic E-state index is 0.243. The van der Waals surface area contributed by atoms with Gasteiger partial charge < -0.3 is 4.74 Å². The zero-order chi connectivity index (χ0) is 15.4. The minimum absolute atomic E-state index is 0.243. The molecule has 1 saturated heterocycles. The number of rotatable bonds is 6. The summed E-state index contributed by atoms with van der Waals surface area (Å²) in [5.74, 6) is 0.766. The van der Waals surface area contributed by atoms with Crippen molar-refractivity contribution >= 4 is 17.1 Å². The molecule has 2 aromatic rings. The number of ketones is 1. The maximum absolute atomic E-state index is 12.3. The van der Waals surface area contributed by atoms with Crippen molar-refractivity contribution in [1.29, 1.82) is 0 Å². The van der Waals surface area contributed by atoms with Gasteiger partial charge in [0.05, 0.1) is 17.7 Å². The Morgan fingerprint density at radius 3 is 3.00 bits per heavy atom. The number of methoxy groups -OCH3 is 1. The number of likely N-dealkylation sites (tertiary alicyclic amines) is 1. The third-order valence-corrected chi connectivity index (χ3v) is 4.90. The lowest BCUT2D eigenvalue weighted by molar-refractivity contribution is 0.0942. The van der Waals surface area contributed by atoms with Crippen molar-refractivity contribution in [1.82, 2.24) is 15.1 Å². The van der Waals surface area contributed by atoms with E-state index in [1.54, 1.807) is 7.11 Å². The average molecular weight is 317 g/mol. The summed E-state index contributed by atoms with van der Waals surface area (Å²) in [6.07, 6.45) is 2.79. The first-order valence-electron chi connectivity index (χ1n) is 7.43. The monoisotopic (exact) mass is 317 g/mol. The maximum atomic E-state index is 12.3. The van der Waals surface area contributed by atoms with Crippen LogP contribution in [0.25, 0.3) is 0 Å². The molecule has 3 heterocycles. The number of nitrogens with zero attached hydrogens (tertiary/aromatic N) is 3. The van der Waals surface area contributed by atoms with Crippen LogP contribution in [0.1, 0.15) is 34.6 Å². The molecule has 5 nitrogen and oxygen atoms in total. The van der Waals surface area contributed by atoms with Crippen molar-refractivity contribution in [3.8, 4) is 5.88 Å². The molecule has 0 radical (unpaired) electrons. The third-order valence-electron chi connectivity index (χ3n) is 3.99. The van der Waals surface area contributed by atoms with E-state index in [4.69, 9.17) is 4.74 Å². The molecule has 22 heavy (non-hydrogen) atoms. The first-order valence-corrected chi connectivity index (χ1v) is 8.31. The first kappa shape index (κ1) is 15.1. The first-order chi connectivity index (χ1) is 10.8. The highest BCUT2D eigenvalue weighted by molar-refractivity contribution is 7.12. The van der Waals surface area contributed by atoms with Crippen LogP contribution in [0.15, 0.2) is 29.6 Å². The number of aromatic nitrogens is 2. The fourth-order valence-electron chi connectivity index (χ4n) is 2.84. The van der Waals surface area contributed by atoms with Gasteiger partial charge in [-0.15, -0.1) is 16.4 Å². The van der Waals surface area contributed by atoms with Crippen LogP contribution in [0, 0.1) is 0 Å². The Balaban J connectivity index is 1.61. The number of thiophene rings is 1. The van der Waals surface area contributed by atoms with Crippen LogP contribution < -0.4 is 4.74 Å². The Labute approximate surface area is 133 Å². The lowest BCUT2D eigenvalue weighted by Gasteiger charge is -2.23. The molecule has 6 heteroatoms. The van der Waals surface area contributed by atoms with E-state index in [9.17, 15) is 4.79 Å². The summed E-state index contributed by atoms with van der Waals surface area (Å²) in [7, 11) is 1.58. The highest BCUT2D eigenvalue weighted by Gasteiger charge is 2.27. The Bertz CT molecular complexity index is 613. The number of hydrogen-bond acceptors (Lipinski definition) is 6. The molecule has 1 atom stereocenters. The predicted octanol–water partition coefficient (Wildman–Crippen LogP) is 2.78. The summed E-state index contributed by atoms with van der Waals surface area (Å²) < 4.78 is 5.02. The van der Waals surface area contributed by atoms with E-state index in [-0.39, 0.29) is 5.78 Å². The number of Topliss-reactive ketones (excluding diaryl/α,β-unsaturated/α-hetero) is 1. The van der Waals surface area contributed by atoms with Gasteiger partial charge in [-0.2, -0.15) is 5.10 Å². The van der Waals surface area contributed by atoms with Crippen molar-refractivity contribution in [3.05, 3.63) is 40.2 Å². The van der Waals surface area contributed by atoms with Crippen LogP contribution in [0.3, 0.4) is 0 Å². The molecule has 0 amide bonds. The highest BCUT2D eigenvalue weighted by Crippen LogP contribution is 2.24. The second-order valence-electron chi connectivity index (χ2n) is 5.44. The molecule has 3 rings (SSSR count).